The van der Waals surface area contributed by atoms with Crippen molar-refractivity contribution in [2.75, 3.05) is 45.9 Å². The molecule has 0 aromatic heterocycles. The van der Waals surface area contributed by atoms with Crippen LogP contribution in [0.15, 0.2) is 30.0 Å². The number of nitrogens with zero attached hydrogens (tertiary/aromatic N) is 3. The second kappa shape index (κ2) is 7.37. The van der Waals surface area contributed by atoms with Crippen LogP contribution in [0.3, 0.4) is 0 Å². The monoisotopic (exact) mass is 343 g/mol. The van der Waals surface area contributed by atoms with Crippen LogP contribution in [-0.2, 0) is 9.59 Å². The summed E-state index contributed by atoms with van der Waals surface area (Å²) in [6.07, 6.45) is 0. The second-order valence-corrected chi connectivity index (χ2v) is 6.50. The van der Waals surface area contributed by atoms with E-state index in [9.17, 15) is 9.59 Å². The van der Waals surface area contributed by atoms with Crippen LogP contribution in [-0.4, -0.2) is 77.5 Å². The van der Waals surface area contributed by atoms with Gasteiger partial charge in [0.05, 0.1) is 12.2 Å². The molecule has 6 nitrogen and oxygen atoms in total. The van der Waals surface area contributed by atoms with Gasteiger partial charge < -0.3 is 10.0 Å². The molecule has 1 saturated heterocycles. The molecule has 2 aliphatic heterocycles. The number of hydrogen-bond donors (Lipinski definition) is 1. The predicted octanol–water partition coefficient (Wildman–Crippen LogP) is 0.705. The molecule has 2 amide bonds. The number of β-amino-alcohol motifs (C(OH)–C–C–N with tert-alkyl or cyclic N) is 1. The summed E-state index contributed by atoms with van der Waals surface area (Å²) in [5.41, 5.74) is 2.96. The third kappa shape index (κ3) is 3.32. The minimum atomic E-state index is -0.204. The lowest BCUT2D eigenvalue weighted by atomic mass is 10.0. The maximum atomic E-state index is 12.9. The Morgan fingerprint density at radius 3 is 2.20 bits per heavy atom. The van der Waals surface area contributed by atoms with Crippen LogP contribution in [0.5, 0.6) is 0 Å². The highest BCUT2D eigenvalue weighted by Gasteiger charge is 2.41. The van der Waals surface area contributed by atoms with E-state index in [4.69, 9.17) is 5.11 Å². The summed E-state index contributed by atoms with van der Waals surface area (Å²) in [5, 5.41) is 9.08. The SMILES string of the molecule is CCN1C(=O)C(c2ccc(C)cc2)=C(N2CCN(CCO)CC2)C1=O. The van der Waals surface area contributed by atoms with E-state index < -0.39 is 0 Å². The normalized spacial score (nSPS) is 19.3. The first-order valence-electron chi connectivity index (χ1n) is 8.82. The first kappa shape index (κ1) is 17.6. The summed E-state index contributed by atoms with van der Waals surface area (Å²) in [7, 11) is 0. The van der Waals surface area contributed by atoms with Gasteiger partial charge in [0, 0.05) is 39.3 Å². The molecule has 6 heteroatoms. The molecule has 0 unspecified atom stereocenters. The van der Waals surface area contributed by atoms with Gasteiger partial charge in [-0.05, 0) is 19.4 Å². The number of benzene rings is 1. The van der Waals surface area contributed by atoms with Crippen molar-refractivity contribution in [2.45, 2.75) is 13.8 Å². The quantitative estimate of drug-likeness (QED) is 0.798. The van der Waals surface area contributed by atoms with Gasteiger partial charge in [0.25, 0.3) is 11.8 Å². The van der Waals surface area contributed by atoms with E-state index in [0.29, 0.717) is 37.4 Å². The molecule has 3 rings (SSSR count). The van der Waals surface area contributed by atoms with Crippen molar-refractivity contribution in [3.05, 3.63) is 41.1 Å². The summed E-state index contributed by atoms with van der Waals surface area (Å²) in [4.78, 5) is 31.2. The number of aryl methyl sites for hydroxylation is 1. The van der Waals surface area contributed by atoms with E-state index in [2.05, 4.69) is 4.90 Å². The lowest BCUT2D eigenvalue weighted by Crippen LogP contribution is -2.48. The van der Waals surface area contributed by atoms with Gasteiger partial charge in [0.15, 0.2) is 0 Å². The minimum Gasteiger partial charge on any atom is -0.395 e. The highest BCUT2D eigenvalue weighted by molar-refractivity contribution is 6.35. The Balaban J connectivity index is 1.94. The number of amides is 2. The van der Waals surface area contributed by atoms with Gasteiger partial charge in [0.1, 0.15) is 5.70 Å². The minimum absolute atomic E-state index is 0.137. The van der Waals surface area contributed by atoms with Crippen molar-refractivity contribution >= 4 is 17.4 Å². The summed E-state index contributed by atoms with van der Waals surface area (Å²) in [6, 6.07) is 7.75. The Labute approximate surface area is 148 Å². The molecule has 1 aromatic carbocycles. The Morgan fingerprint density at radius 2 is 1.64 bits per heavy atom. The number of likely N-dealkylation sites (N-methyl/N-ethyl adjacent to an activating group) is 1. The molecule has 134 valence electrons. The highest BCUT2D eigenvalue weighted by atomic mass is 16.3. The number of carbonyl (C=O) groups excluding carboxylic acids is 2. The number of hydrogen-bond acceptors (Lipinski definition) is 5. The van der Waals surface area contributed by atoms with E-state index in [-0.39, 0.29) is 18.4 Å². The standard InChI is InChI=1S/C19H25N3O3/c1-3-22-18(24)16(15-6-4-14(2)5-7-15)17(19(22)25)21-10-8-20(9-11-21)12-13-23/h4-7,23H,3,8-13H2,1-2H3. The number of carbonyl (C=O) groups is 2. The molecule has 1 fully saturated rings. The van der Waals surface area contributed by atoms with Gasteiger partial charge in [-0.2, -0.15) is 0 Å². The summed E-state index contributed by atoms with van der Waals surface area (Å²) >= 11 is 0. The third-order valence-corrected chi connectivity index (χ3v) is 4.90. The molecular weight excluding hydrogens is 318 g/mol. The fraction of sp³-hybridized carbons (Fsp3) is 0.474. The van der Waals surface area contributed by atoms with Gasteiger partial charge >= 0.3 is 0 Å². The Hall–Kier alpha value is -2.18. The van der Waals surface area contributed by atoms with Crippen LogP contribution < -0.4 is 0 Å². The average Bonchev–Trinajstić information content (AvgIpc) is 2.87. The fourth-order valence-corrected chi connectivity index (χ4v) is 3.46. The molecule has 0 saturated carbocycles. The molecule has 0 atom stereocenters. The van der Waals surface area contributed by atoms with E-state index in [0.717, 1.165) is 24.2 Å². The topological polar surface area (TPSA) is 64.1 Å². The third-order valence-electron chi connectivity index (χ3n) is 4.90. The van der Waals surface area contributed by atoms with Crippen LogP contribution >= 0.6 is 0 Å². The summed E-state index contributed by atoms with van der Waals surface area (Å²) in [5.74, 6) is -0.400. The van der Waals surface area contributed by atoms with Crippen molar-refractivity contribution in [3.63, 3.8) is 0 Å². The number of aliphatic hydroxyl groups excluding tert-OH is 1. The van der Waals surface area contributed by atoms with Crippen molar-refractivity contribution < 1.29 is 14.7 Å². The van der Waals surface area contributed by atoms with Gasteiger partial charge in [-0.1, -0.05) is 29.8 Å². The number of aliphatic hydroxyl groups is 1. The van der Waals surface area contributed by atoms with Crippen molar-refractivity contribution in [1.29, 1.82) is 0 Å². The van der Waals surface area contributed by atoms with Crippen LogP contribution in [0.1, 0.15) is 18.1 Å². The Kier molecular flexibility index (Phi) is 5.20. The van der Waals surface area contributed by atoms with Gasteiger partial charge in [0.2, 0.25) is 0 Å². The van der Waals surface area contributed by atoms with E-state index in [1.54, 1.807) is 0 Å². The molecule has 25 heavy (non-hydrogen) atoms. The van der Waals surface area contributed by atoms with Gasteiger partial charge in [-0.25, -0.2) is 0 Å². The number of piperazine rings is 1. The van der Waals surface area contributed by atoms with Gasteiger partial charge in [-0.15, -0.1) is 0 Å². The first-order valence-corrected chi connectivity index (χ1v) is 8.82. The smallest absolute Gasteiger partial charge is 0.277 e. The fourth-order valence-electron chi connectivity index (χ4n) is 3.46. The summed E-state index contributed by atoms with van der Waals surface area (Å²) in [6.45, 7) is 7.90. The molecule has 2 aliphatic rings. The largest absolute Gasteiger partial charge is 0.395 e. The molecule has 1 aromatic rings. The van der Waals surface area contributed by atoms with Crippen LogP contribution in [0, 0.1) is 6.92 Å². The van der Waals surface area contributed by atoms with Gasteiger partial charge in [-0.3, -0.25) is 19.4 Å². The second-order valence-electron chi connectivity index (χ2n) is 6.50. The molecule has 0 aliphatic carbocycles. The van der Waals surface area contributed by atoms with Crippen molar-refractivity contribution in [2.24, 2.45) is 0 Å². The van der Waals surface area contributed by atoms with Crippen molar-refractivity contribution in [1.82, 2.24) is 14.7 Å². The summed E-state index contributed by atoms with van der Waals surface area (Å²) < 4.78 is 0. The number of imide groups is 1. The molecular formula is C19H25N3O3. The maximum Gasteiger partial charge on any atom is 0.277 e. The first-order chi connectivity index (χ1) is 12.1. The lowest BCUT2D eigenvalue weighted by molar-refractivity contribution is -0.137. The maximum absolute atomic E-state index is 12.9. The zero-order chi connectivity index (χ0) is 18.0. The van der Waals surface area contributed by atoms with E-state index >= 15 is 0 Å². The molecule has 0 bridgehead atoms. The molecule has 0 radical (unpaired) electrons. The molecule has 0 spiro atoms. The predicted molar refractivity (Wildman–Crippen MR) is 95.6 cm³/mol. The molecule has 2 heterocycles. The zero-order valence-electron chi connectivity index (χ0n) is 14.9. The highest BCUT2D eigenvalue weighted by Crippen LogP contribution is 2.32. The van der Waals surface area contributed by atoms with E-state index in [1.807, 2.05) is 43.0 Å². The Bertz CT molecular complexity index is 688. The Morgan fingerprint density at radius 1 is 1.00 bits per heavy atom. The van der Waals surface area contributed by atoms with Crippen LogP contribution in [0.2, 0.25) is 0 Å². The average molecular weight is 343 g/mol. The zero-order valence-corrected chi connectivity index (χ0v) is 14.9. The lowest BCUT2D eigenvalue weighted by Gasteiger charge is -2.36. The van der Waals surface area contributed by atoms with Crippen molar-refractivity contribution in [3.8, 4) is 0 Å². The molecule has 1 N–H and O–H groups in total. The van der Waals surface area contributed by atoms with Crippen LogP contribution in [0.25, 0.3) is 5.57 Å². The number of rotatable bonds is 5. The van der Waals surface area contributed by atoms with E-state index in [1.165, 1.54) is 4.90 Å². The van der Waals surface area contributed by atoms with Crippen LogP contribution in [0.4, 0.5) is 0 Å².